The van der Waals surface area contributed by atoms with Crippen molar-refractivity contribution in [1.82, 2.24) is 10.3 Å². The standard InChI is InChI=1S/C15H18N2/c1-11-9-12(10-17-13-5-6-13)4-7-14(11)15-3-2-8-16-15/h2-4,7-9,13,16-17H,5-6,10H2,1H3. The van der Waals surface area contributed by atoms with E-state index in [1.165, 1.54) is 35.2 Å². The SMILES string of the molecule is Cc1cc(CNC2CC2)ccc1-c1ccc[nH]1. The van der Waals surface area contributed by atoms with Crippen molar-refractivity contribution in [2.24, 2.45) is 0 Å². The molecule has 1 aliphatic carbocycles. The highest BCUT2D eigenvalue weighted by Gasteiger charge is 2.19. The third-order valence-electron chi connectivity index (χ3n) is 3.35. The van der Waals surface area contributed by atoms with Gasteiger partial charge in [0.15, 0.2) is 0 Å². The molecule has 0 amide bonds. The molecule has 17 heavy (non-hydrogen) atoms. The number of H-pyrrole nitrogens is 1. The van der Waals surface area contributed by atoms with Crippen LogP contribution in [0, 0.1) is 6.92 Å². The molecule has 0 unspecified atom stereocenters. The first-order chi connectivity index (χ1) is 8.33. The van der Waals surface area contributed by atoms with Gasteiger partial charge in [0, 0.05) is 30.0 Å². The van der Waals surface area contributed by atoms with E-state index in [1.54, 1.807) is 0 Å². The first kappa shape index (κ1) is 10.6. The maximum atomic E-state index is 3.55. The normalized spacial score (nSPS) is 15.1. The summed E-state index contributed by atoms with van der Waals surface area (Å²) in [6.07, 6.45) is 4.66. The second kappa shape index (κ2) is 4.38. The molecular formula is C15H18N2. The number of rotatable bonds is 4. The smallest absolute Gasteiger partial charge is 0.0456 e. The van der Waals surface area contributed by atoms with Gasteiger partial charge in [-0.1, -0.05) is 18.2 Å². The molecule has 0 atom stereocenters. The second-order valence-corrected chi connectivity index (χ2v) is 4.89. The van der Waals surface area contributed by atoms with Gasteiger partial charge in [0.05, 0.1) is 0 Å². The van der Waals surface area contributed by atoms with Crippen molar-refractivity contribution in [3.63, 3.8) is 0 Å². The summed E-state index contributed by atoms with van der Waals surface area (Å²) in [6.45, 7) is 3.17. The molecule has 1 aromatic heterocycles. The molecule has 1 heterocycles. The number of aromatic amines is 1. The fourth-order valence-corrected chi connectivity index (χ4v) is 2.19. The van der Waals surface area contributed by atoms with Gasteiger partial charge in [-0.25, -0.2) is 0 Å². The average Bonchev–Trinajstić information content (AvgIpc) is 3.01. The maximum Gasteiger partial charge on any atom is 0.0456 e. The Labute approximate surface area is 102 Å². The van der Waals surface area contributed by atoms with Crippen LogP contribution in [0.4, 0.5) is 0 Å². The fourth-order valence-electron chi connectivity index (χ4n) is 2.19. The number of aromatic nitrogens is 1. The molecule has 1 fully saturated rings. The van der Waals surface area contributed by atoms with Crippen molar-refractivity contribution in [2.75, 3.05) is 0 Å². The van der Waals surface area contributed by atoms with Crippen molar-refractivity contribution in [3.8, 4) is 11.3 Å². The Kier molecular flexibility index (Phi) is 2.73. The molecule has 0 aliphatic heterocycles. The maximum absolute atomic E-state index is 3.55. The average molecular weight is 226 g/mol. The molecule has 0 bridgehead atoms. The molecule has 2 N–H and O–H groups in total. The predicted octanol–water partition coefficient (Wildman–Crippen LogP) is 3.24. The van der Waals surface area contributed by atoms with Crippen LogP contribution in [0.3, 0.4) is 0 Å². The van der Waals surface area contributed by atoms with Gasteiger partial charge in [-0.3, -0.25) is 0 Å². The lowest BCUT2D eigenvalue weighted by Gasteiger charge is -2.08. The summed E-state index contributed by atoms with van der Waals surface area (Å²) in [5.41, 5.74) is 5.21. The number of hydrogen-bond donors (Lipinski definition) is 2. The van der Waals surface area contributed by atoms with E-state index in [2.05, 4.69) is 41.5 Å². The van der Waals surface area contributed by atoms with Gasteiger partial charge >= 0.3 is 0 Å². The first-order valence-corrected chi connectivity index (χ1v) is 6.29. The third-order valence-corrected chi connectivity index (χ3v) is 3.35. The van der Waals surface area contributed by atoms with Crippen LogP contribution < -0.4 is 5.32 Å². The Hall–Kier alpha value is -1.54. The Morgan fingerprint density at radius 1 is 1.29 bits per heavy atom. The van der Waals surface area contributed by atoms with Crippen molar-refractivity contribution < 1.29 is 0 Å². The molecule has 3 rings (SSSR count). The van der Waals surface area contributed by atoms with Crippen molar-refractivity contribution in [1.29, 1.82) is 0 Å². The van der Waals surface area contributed by atoms with Gasteiger partial charge in [0.25, 0.3) is 0 Å². The zero-order chi connectivity index (χ0) is 11.7. The van der Waals surface area contributed by atoms with E-state index >= 15 is 0 Å². The quantitative estimate of drug-likeness (QED) is 0.823. The molecule has 1 aliphatic rings. The Bertz CT molecular complexity index is 496. The second-order valence-electron chi connectivity index (χ2n) is 4.89. The van der Waals surface area contributed by atoms with E-state index in [-0.39, 0.29) is 0 Å². The molecule has 2 heteroatoms. The minimum atomic E-state index is 0.776. The zero-order valence-electron chi connectivity index (χ0n) is 10.2. The van der Waals surface area contributed by atoms with E-state index in [0.29, 0.717) is 0 Å². The van der Waals surface area contributed by atoms with Crippen LogP contribution >= 0.6 is 0 Å². The summed E-state index contributed by atoms with van der Waals surface area (Å²) < 4.78 is 0. The summed E-state index contributed by atoms with van der Waals surface area (Å²) in [5, 5.41) is 3.55. The van der Waals surface area contributed by atoms with Crippen LogP contribution in [0.1, 0.15) is 24.0 Å². The van der Waals surface area contributed by atoms with Crippen LogP contribution in [0.15, 0.2) is 36.5 Å². The number of aryl methyl sites for hydroxylation is 1. The first-order valence-electron chi connectivity index (χ1n) is 6.29. The molecule has 0 saturated heterocycles. The van der Waals surface area contributed by atoms with Gasteiger partial charge < -0.3 is 10.3 Å². The highest BCUT2D eigenvalue weighted by molar-refractivity contribution is 5.64. The highest BCUT2D eigenvalue weighted by Crippen LogP contribution is 2.23. The Morgan fingerprint density at radius 2 is 2.18 bits per heavy atom. The summed E-state index contributed by atoms with van der Waals surface area (Å²) in [5.74, 6) is 0. The largest absolute Gasteiger partial charge is 0.361 e. The molecule has 2 aromatic rings. The lowest BCUT2D eigenvalue weighted by molar-refractivity contribution is 0.687. The number of nitrogens with one attached hydrogen (secondary N) is 2. The van der Waals surface area contributed by atoms with Crippen LogP contribution in [0.25, 0.3) is 11.3 Å². The van der Waals surface area contributed by atoms with Gasteiger partial charge in [0.1, 0.15) is 0 Å². The fraction of sp³-hybridized carbons (Fsp3) is 0.333. The predicted molar refractivity (Wildman–Crippen MR) is 70.8 cm³/mol. The monoisotopic (exact) mass is 226 g/mol. The summed E-state index contributed by atoms with van der Waals surface area (Å²) in [4.78, 5) is 3.26. The summed E-state index contributed by atoms with van der Waals surface area (Å²) in [7, 11) is 0. The molecule has 2 nitrogen and oxygen atoms in total. The number of hydrogen-bond acceptors (Lipinski definition) is 1. The topological polar surface area (TPSA) is 27.8 Å². The van der Waals surface area contributed by atoms with Crippen LogP contribution in [0.5, 0.6) is 0 Å². The van der Waals surface area contributed by atoms with E-state index in [9.17, 15) is 0 Å². The van der Waals surface area contributed by atoms with Crippen LogP contribution in [0.2, 0.25) is 0 Å². The molecule has 0 spiro atoms. The van der Waals surface area contributed by atoms with Crippen molar-refractivity contribution in [2.45, 2.75) is 32.4 Å². The van der Waals surface area contributed by atoms with Gasteiger partial charge in [-0.2, -0.15) is 0 Å². The zero-order valence-corrected chi connectivity index (χ0v) is 10.2. The minimum Gasteiger partial charge on any atom is -0.361 e. The molecule has 1 aromatic carbocycles. The lowest BCUT2D eigenvalue weighted by atomic mass is 10.0. The minimum absolute atomic E-state index is 0.776. The van der Waals surface area contributed by atoms with Crippen LogP contribution in [-0.4, -0.2) is 11.0 Å². The van der Waals surface area contributed by atoms with E-state index in [1.807, 2.05) is 12.3 Å². The third kappa shape index (κ3) is 2.42. The van der Waals surface area contributed by atoms with Gasteiger partial charge in [-0.15, -0.1) is 0 Å². The molecular weight excluding hydrogens is 208 g/mol. The van der Waals surface area contributed by atoms with E-state index in [4.69, 9.17) is 0 Å². The van der Waals surface area contributed by atoms with Gasteiger partial charge in [0.2, 0.25) is 0 Å². The van der Waals surface area contributed by atoms with E-state index < -0.39 is 0 Å². The number of benzene rings is 1. The molecule has 1 saturated carbocycles. The lowest BCUT2D eigenvalue weighted by Crippen LogP contribution is -2.15. The highest BCUT2D eigenvalue weighted by atomic mass is 14.9. The Morgan fingerprint density at radius 3 is 2.82 bits per heavy atom. The summed E-state index contributed by atoms with van der Waals surface area (Å²) >= 11 is 0. The van der Waals surface area contributed by atoms with Crippen molar-refractivity contribution in [3.05, 3.63) is 47.7 Å². The van der Waals surface area contributed by atoms with Gasteiger partial charge in [-0.05, 0) is 43.0 Å². The Balaban J connectivity index is 1.78. The molecule has 0 radical (unpaired) electrons. The summed E-state index contributed by atoms with van der Waals surface area (Å²) in [6, 6.07) is 11.6. The van der Waals surface area contributed by atoms with Crippen molar-refractivity contribution >= 4 is 0 Å². The van der Waals surface area contributed by atoms with Crippen LogP contribution in [-0.2, 0) is 6.54 Å². The van der Waals surface area contributed by atoms with E-state index in [0.717, 1.165) is 12.6 Å². The molecule has 88 valence electrons.